The van der Waals surface area contributed by atoms with Crippen molar-refractivity contribution in [3.05, 3.63) is 24.3 Å². The van der Waals surface area contributed by atoms with Gasteiger partial charge in [0.2, 0.25) is 10.0 Å². The molecule has 2 heterocycles. The van der Waals surface area contributed by atoms with E-state index in [1.165, 1.54) is 4.31 Å². The van der Waals surface area contributed by atoms with Gasteiger partial charge in [-0.05, 0) is 31.5 Å². The molecule has 0 radical (unpaired) electrons. The van der Waals surface area contributed by atoms with E-state index in [-0.39, 0.29) is 11.8 Å². The topological polar surface area (TPSA) is 58.6 Å². The highest BCUT2D eigenvalue weighted by Crippen LogP contribution is 2.32. The van der Waals surface area contributed by atoms with Crippen LogP contribution in [0.4, 0.5) is 5.69 Å². The second-order valence-electron chi connectivity index (χ2n) is 5.31. The number of hydrogen-bond donors (Lipinski definition) is 1. The standard InChI is InChI=1S/C14H20N2O3S/c17-20(18,11-12-5-3-8-15-12)16-9-4-10-19-14-7-2-1-6-13(14)16/h1-2,6-7,12,15H,3-5,8-11H2. The Bertz CT molecular complexity index is 568. The van der Waals surface area contributed by atoms with Crippen molar-refractivity contribution in [2.45, 2.75) is 25.3 Å². The van der Waals surface area contributed by atoms with Crippen LogP contribution >= 0.6 is 0 Å². The summed E-state index contributed by atoms with van der Waals surface area (Å²) in [4.78, 5) is 0. The van der Waals surface area contributed by atoms with Gasteiger partial charge in [0.05, 0.1) is 18.0 Å². The number of nitrogens with one attached hydrogen (secondary N) is 1. The van der Waals surface area contributed by atoms with E-state index in [1.807, 2.05) is 24.3 Å². The Balaban J connectivity index is 1.88. The summed E-state index contributed by atoms with van der Waals surface area (Å²) >= 11 is 0. The summed E-state index contributed by atoms with van der Waals surface area (Å²) in [7, 11) is -3.31. The average Bonchev–Trinajstić information content (AvgIpc) is 2.81. The summed E-state index contributed by atoms with van der Waals surface area (Å²) in [6, 6.07) is 7.45. The number of nitrogens with zero attached hydrogens (tertiary/aromatic N) is 1. The predicted molar refractivity (Wildman–Crippen MR) is 78.7 cm³/mol. The first-order chi connectivity index (χ1) is 9.67. The summed E-state index contributed by atoms with van der Waals surface area (Å²) in [5.41, 5.74) is 0.669. The number of fused-ring (bicyclic) bond motifs is 1. The first kappa shape index (κ1) is 13.7. The first-order valence-electron chi connectivity index (χ1n) is 7.12. The van der Waals surface area contributed by atoms with Gasteiger partial charge in [-0.15, -0.1) is 0 Å². The van der Waals surface area contributed by atoms with E-state index in [1.54, 1.807) is 0 Å². The zero-order valence-electron chi connectivity index (χ0n) is 11.4. The molecule has 2 aliphatic heterocycles. The molecular formula is C14H20N2O3S. The fourth-order valence-corrected chi connectivity index (χ4v) is 4.66. The van der Waals surface area contributed by atoms with E-state index in [9.17, 15) is 8.42 Å². The summed E-state index contributed by atoms with van der Waals surface area (Å²) < 4.78 is 32.5. The number of para-hydroxylation sites is 2. The van der Waals surface area contributed by atoms with Crippen LogP contribution in [-0.2, 0) is 10.0 Å². The molecule has 1 aromatic carbocycles. The third-order valence-corrected chi connectivity index (χ3v) is 5.68. The normalized spacial score (nSPS) is 23.0. The van der Waals surface area contributed by atoms with E-state index >= 15 is 0 Å². The third-order valence-electron chi connectivity index (χ3n) is 3.81. The minimum absolute atomic E-state index is 0.0799. The smallest absolute Gasteiger partial charge is 0.236 e. The SMILES string of the molecule is O=S(=O)(CC1CCCN1)N1CCCOc2ccccc21. The minimum Gasteiger partial charge on any atom is -0.491 e. The van der Waals surface area contributed by atoms with Crippen LogP contribution in [0.5, 0.6) is 5.75 Å². The molecule has 3 rings (SSSR count). The van der Waals surface area contributed by atoms with Crippen molar-refractivity contribution in [2.75, 3.05) is 29.8 Å². The Morgan fingerprint density at radius 1 is 1.30 bits per heavy atom. The van der Waals surface area contributed by atoms with Gasteiger partial charge < -0.3 is 10.1 Å². The van der Waals surface area contributed by atoms with Gasteiger partial charge in [-0.2, -0.15) is 0 Å². The molecule has 1 aromatic rings. The highest BCUT2D eigenvalue weighted by atomic mass is 32.2. The summed E-state index contributed by atoms with van der Waals surface area (Å²) in [6.45, 7) is 1.97. The molecule has 1 N–H and O–H groups in total. The number of anilines is 1. The van der Waals surface area contributed by atoms with Crippen LogP contribution in [0.1, 0.15) is 19.3 Å². The van der Waals surface area contributed by atoms with Gasteiger partial charge in [0.15, 0.2) is 0 Å². The molecule has 0 amide bonds. The maximum atomic E-state index is 12.7. The molecule has 1 unspecified atom stereocenters. The van der Waals surface area contributed by atoms with Crippen molar-refractivity contribution in [1.82, 2.24) is 5.32 Å². The predicted octanol–water partition coefficient (Wildman–Crippen LogP) is 1.36. The lowest BCUT2D eigenvalue weighted by Crippen LogP contribution is -2.40. The summed E-state index contributed by atoms with van der Waals surface area (Å²) in [6.07, 6.45) is 2.71. The zero-order chi connectivity index (χ0) is 14.0. The number of benzene rings is 1. The lowest BCUT2D eigenvalue weighted by molar-refractivity contribution is 0.322. The molecule has 0 aliphatic carbocycles. The Labute approximate surface area is 120 Å². The maximum Gasteiger partial charge on any atom is 0.236 e. The zero-order valence-corrected chi connectivity index (χ0v) is 12.2. The molecule has 0 spiro atoms. The summed E-state index contributed by atoms with van der Waals surface area (Å²) in [5, 5.41) is 3.25. The summed E-state index contributed by atoms with van der Waals surface area (Å²) in [5.74, 6) is 0.828. The van der Waals surface area contributed by atoms with Crippen LogP contribution in [0.2, 0.25) is 0 Å². The molecular weight excluding hydrogens is 276 g/mol. The fraction of sp³-hybridized carbons (Fsp3) is 0.571. The Hall–Kier alpha value is -1.27. The first-order valence-corrected chi connectivity index (χ1v) is 8.73. The van der Waals surface area contributed by atoms with E-state index in [2.05, 4.69) is 5.32 Å². The van der Waals surface area contributed by atoms with Crippen molar-refractivity contribution in [1.29, 1.82) is 0 Å². The van der Waals surface area contributed by atoms with Gasteiger partial charge in [-0.1, -0.05) is 12.1 Å². The van der Waals surface area contributed by atoms with Crippen LogP contribution in [0, 0.1) is 0 Å². The van der Waals surface area contributed by atoms with Gasteiger partial charge >= 0.3 is 0 Å². The molecule has 5 nitrogen and oxygen atoms in total. The molecule has 1 atom stereocenters. The van der Waals surface area contributed by atoms with Gasteiger partial charge in [0.1, 0.15) is 5.75 Å². The second kappa shape index (κ2) is 5.61. The van der Waals surface area contributed by atoms with Crippen molar-refractivity contribution >= 4 is 15.7 Å². The van der Waals surface area contributed by atoms with Crippen molar-refractivity contribution in [2.24, 2.45) is 0 Å². The highest BCUT2D eigenvalue weighted by molar-refractivity contribution is 7.92. The largest absolute Gasteiger partial charge is 0.491 e. The van der Waals surface area contributed by atoms with Gasteiger partial charge in [-0.25, -0.2) is 8.42 Å². The third kappa shape index (κ3) is 2.76. The van der Waals surface area contributed by atoms with Crippen LogP contribution in [-0.4, -0.2) is 39.9 Å². The van der Waals surface area contributed by atoms with Crippen LogP contribution in [0.25, 0.3) is 0 Å². The molecule has 6 heteroatoms. The lowest BCUT2D eigenvalue weighted by atomic mass is 10.3. The van der Waals surface area contributed by atoms with Crippen molar-refractivity contribution in [3.63, 3.8) is 0 Å². The molecule has 20 heavy (non-hydrogen) atoms. The average molecular weight is 296 g/mol. The number of sulfonamides is 1. The van der Waals surface area contributed by atoms with Crippen LogP contribution in [0.3, 0.4) is 0 Å². The van der Waals surface area contributed by atoms with E-state index < -0.39 is 10.0 Å². The Kier molecular flexibility index (Phi) is 3.85. The Morgan fingerprint density at radius 3 is 2.95 bits per heavy atom. The fourth-order valence-electron chi connectivity index (χ4n) is 2.83. The highest BCUT2D eigenvalue weighted by Gasteiger charge is 2.30. The van der Waals surface area contributed by atoms with Crippen LogP contribution in [0.15, 0.2) is 24.3 Å². The Morgan fingerprint density at radius 2 is 2.15 bits per heavy atom. The van der Waals surface area contributed by atoms with Crippen LogP contribution < -0.4 is 14.4 Å². The quantitative estimate of drug-likeness (QED) is 0.915. The van der Waals surface area contributed by atoms with Crippen molar-refractivity contribution in [3.8, 4) is 5.75 Å². The van der Waals surface area contributed by atoms with E-state index in [4.69, 9.17) is 4.74 Å². The van der Waals surface area contributed by atoms with Gasteiger partial charge in [0, 0.05) is 19.0 Å². The van der Waals surface area contributed by atoms with Crippen molar-refractivity contribution < 1.29 is 13.2 Å². The number of rotatable bonds is 3. The molecule has 0 bridgehead atoms. The molecule has 1 saturated heterocycles. The van der Waals surface area contributed by atoms with E-state index in [0.29, 0.717) is 31.0 Å². The molecule has 0 saturated carbocycles. The molecule has 0 aromatic heterocycles. The number of hydrogen-bond acceptors (Lipinski definition) is 4. The lowest BCUT2D eigenvalue weighted by Gasteiger charge is -2.25. The monoisotopic (exact) mass is 296 g/mol. The van der Waals surface area contributed by atoms with Gasteiger partial charge in [-0.3, -0.25) is 4.31 Å². The minimum atomic E-state index is -3.31. The number of ether oxygens (including phenoxy) is 1. The molecule has 110 valence electrons. The molecule has 2 aliphatic rings. The second-order valence-corrected chi connectivity index (χ2v) is 7.25. The maximum absolute atomic E-state index is 12.7. The van der Waals surface area contributed by atoms with E-state index in [0.717, 1.165) is 19.4 Å². The molecule has 1 fully saturated rings. The van der Waals surface area contributed by atoms with Gasteiger partial charge in [0.25, 0.3) is 0 Å².